The van der Waals surface area contributed by atoms with Gasteiger partial charge in [-0.1, -0.05) is 24.3 Å². The predicted octanol–water partition coefficient (Wildman–Crippen LogP) is 2.51. The maximum absolute atomic E-state index is 15.2. The number of fused-ring (bicyclic) bond motifs is 2. The first-order valence-corrected chi connectivity index (χ1v) is 15.4. The molecular weight excluding hydrogens is 610 g/mol. The van der Waals surface area contributed by atoms with Gasteiger partial charge < -0.3 is 9.80 Å². The summed E-state index contributed by atoms with van der Waals surface area (Å²) in [5, 5.41) is 10.1. The first kappa shape index (κ1) is 30.4. The molecule has 1 atom stereocenters. The minimum absolute atomic E-state index is 0.0559. The number of carbonyl (C=O) groups excluding carboxylic acids is 4. The fourth-order valence-electron chi connectivity index (χ4n) is 6.63. The average Bonchev–Trinajstić information content (AvgIpc) is 3.37. The molecule has 0 spiro atoms. The third-order valence-electron chi connectivity index (χ3n) is 9.15. The van der Waals surface area contributed by atoms with Crippen LogP contribution in [0.3, 0.4) is 0 Å². The first-order chi connectivity index (χ1) is 22.7. The van der Waals surface area contributed by atoms with Crippen molar-refractivity contribution in [3.05, 3.63) is 110 Å². The van der Waals surface area contributed by atoms with Gasteiger partial charge in [0.05, 0.1) is 16.6 Å². The molecule has 2 fully saturated rings. The van der Waals surface area contributed by atoms with Gasteiger partial charge in [-0.3, -0.25) is 34.2 Å². The van der Waals surface area contributed by atoms with E-state index >= 15 is 4.39 Å². The highest BCUT2D eigenvalue weighted by molar-refractivity contribution is 6.05. The van der Waals surface area contributed by atoms with Gasteiger partial charge in [0.2, 0.25) is 11.8 Å². The number of hydrogen-bond acceptors (Lipinski definition) is 7. The molecule has 3 aromatic carbocycles. The Hall–Kier alpha value is -5.30. The molecule has 0 bridgehead atoms. The summed E-state index contributed by atoms with van der Waals surface area (Å²) < 4.78 is 30.1. The third kappa shape index (κ3) is 5.78. The Kier molecular flexibility index (Phi) is 7.84. The maximum Gasteiger partial charge on any atom is 0.272 e. The number of aromatic nitrogens is 2. The number of aromatic amines is 1. The zero-order valence-electron chi connectivity index (χ0n) is 25.2. The number of H-pyrrole nitrogens is 1. The number of piperidine rings is 1. The third-order valence-corrected chi connectivity index (χ3v) is 9.15. The summed E-state index contributed by atoms with van der Waals surface area (Å²) in [7, 11) is 0. The molecule has 11 nitrogen and oxygen atoms in total. The number of halogens is 2. The largest absolute Gasteiger partial charge is 0.336 e. The summed E-state index contributed by atoms with van der Waals surface area (Å²) in [4.78, 5) is 67.4. The fraction of sp³-hybridized carbons (Fsp3) is 0.294. The van der Waals surface area contributed by atoms with Crippen LogP contribution < -0.4 is 10.9 Å². The second-order valence-corrected chi connectivity index (χ2v) is 12.1. The Bertz CT molecular complexity index is 2020. The number of carbonyl (C=O) groups is 4. The summed E-state index contributed by atoms with van der Waals surface area (Å²) in [6.07, 6.45) is 0.642. The molecule has 3 aliphatic rings. The van der Waals surface area contributed by atoms with Crippen LogP contribution in [-0.4, -0.2) is 80.7 Å². The van der Waals surface area contributed by atoms with Gasteiger partial charge in [-0.05, 0) is 47.9 Å². The van der Waals surface area contributed by atoms with E-state index < -0.39 is 35.4 Å². The molecule has 1 aromatic heterocycles. The minimum Gasteiger partial charge on any atom is -0.336 e. The monoisotopic (exact) mass is 640 g/mol. The van der Waals surface area contributed by atoms with E-state index in [1.165, 1.54) is 23.1 Å². The number of piperazine rings is 1. The summed E-state index contributed by atoms with van der Waals surface area (Å²) in [5.41, 5.74) is 2.13. The van der Waals surface area contributed by atoms with E-state index in [-0.39, 0.29) is 54.9 Å². The number of nitrogens with zero attached hydrogens (tertiary/aromatic N) is 4. The molecule has 4 heterocycles. The molecule has 0 aliphatic carbocycles. The van der Waals surface area contributed by atoms with Crippen molar-refractivity contribution in [1.82, 2.24) is 30.2 Å². The number of benzene rings is 3. The van der Waals surface area contributed by atoms with Gasteiger partial charge in [0.1, 0.15) is 17.7 Å². The number of imide groups is 1. The molecule has 0 saturated carbocycles. The summed E-state index contributed by atoms with van der Waals surface area (Å²) in [5.74, 6) is -2.96. The summed E-state index contributed by atoms with van der Waals surface area (Å²) in [6, 6.07) is 13.5. The molecule has 2 saturated heterocycles. The molecule has 13 heteroatoms. The van der Waals surface area contributed by atoms with Crippen molar-refractivity contribution in [3.8, 4) is 0 Å². The summed E-state index contributed by atoms with van der Waals surface area (Å²) in [6.45, 7) is 1.87. The SMILES string of the molecule is O=C1CCC(N2Cc3cc(CN4CCN(C(=O)c5cc(Cc6n[nH]c(=O)c7ccccc67)ccc5F)CC4)c(F)cc3C2=O)C(=O)N1. The van der Waals surface area contributed by atoms with Gasteiger partial charge >= 0.3 is 0 Å². The van der Waals surface area contributed by atoms with Crippen LogP contribution in [0.25, 0.3) is 10.8 Å². The highest BCUT2D eigenvalue weighted by atomic mass is 19.1. The molecule has 1 unspecified atom stereocenters. The van der Waals surface area contributed by atoms with Crippen molar-refractivity contribution in [2.45, 2.75) is 38.4 Å². The number of rotatable bonds is 6. The van der Waals surface area contributed by atoms with E-state index in [2.05, 4.69) is 15.5 Å². The lowest BCUT2D eigenvalue weighted by Crippen LogP contribution is -2.52. The Labute approximate surface area is 267 Å². The highest BCUT2D eigenvalue weighted by Crippen LogP contribution is 2.30. The van der Waals surface area contributed by atoms with Crippen LogP contribution in [-0.2, 0) is 29.1 Å². The van der Waals surface area contributed by atoms with Crippen molar-refractivity contribution in [3.63, 3.8) is 0 Å². The van der Waals surface area contributed by atoms with Crippen LogP contribution in [0.2, 0.25) is 0 Å². The van der Waals surface area contributed by atoms with Crippen molar-refractivity contribution in [2.75, 3.05) is 26.2 Å². The van der Waals surface area contributed by atoms with Crippen LogP contribution in [0.15, 0.2) is 59.4 Å². The quantitative estimate of drug-likeness (QED) is 0.309. The Morgan fingerprint density at radius 1 is 0.915 bits per heavy atom. The normalized spacial score (nSPS) is 18.5. The molecule has 0 radical (unpaired) electrons. The molecule has 3 aliphatic heterocycles. The zero-order valence-corrected chi connectivity index (χ0v) is 25.2. The van der Waals surface area contributed by atoms with Crippen LogP contribution >= 0.6 is 0 Å². The Balaban J connectivity index is 1.000. The van der Waals surface area contributed by atoms with Gasteiger partial charge in [0.15, 0.2) is 0 Å². The van der Waals surface area contributed by atoms with Crippen LogP contribution in [0.5, 0.6) is 0 Å². The Morgan fingerprint density at radius 2 is 1.68 bits per heavy atom. The van der Waals surface area contributed by atoms with Gasteiger partial charge in [-0.25, -0.2) is 13.9 Å². The van der Waals surface area contributed by atoms with E-state index in [0.717, 1.165) is 0 Å². The van der Waals surface area contributed by atoms with E-state index in [1.54, 1.807) is 35.2 Å². The zero-order chi connectivity index (χ0) is 32.8. The lowest BCUT2D eigenvalue weighted by Gasteiger charge is -2.35. The minimum atomic E-state index is -0.782. The first-order valence-electron chi connectivity index (χ1n) is 15.4. The van der Waals surface area contributed by atoms with Crippen LogP contribution in [0.4, 0.5) is 8.78 Å². The average molecular weight is 641 g/mol. The van der Waals surface area contributed by atoms with Gasteiger partial charge in [0, 0.05) is 68.6 Å². The molecule has 4 aromatic rings. The lowest BCUT2D eigenvalue weighted by molar-refractivity contribution is -0.136. The number of hydrogen-bond donors (Lipinski definition) is 2. The highest BCUT2D eigenvalue weighted by Gasteiger charge is 2.39. The van der Waals surface area contributed by atoms with Crippen molar-refractivity contribution in [2.24, 2.45) is 0 Å². The standard InChI is InChI=1S/C34H30F2N6O5/c35-26-6-5-19(14-28-22-3-1-2-4-23(22)31(44)39-38-28)13-25(26)33(46)41-11-9-40(10-12-41)17-21-15-20-18-42(34(47)24(20)16-27(21)36)29-7-8-30(43)37-32(29)45/h1-6,13,15-16,29H,7-12,14,17-18H2,(H,39,44)(H,37,43,45). The molecule has 240 valence electrons. The molecule has 4 amide bonds. The molecule has 2 N–H and O–H groups in total. The van der Waals surface area contributed by atoms with E-state index in [9.17, 15) is 28.4 Å². The van der Waals surface area contributed by atoms with Gasteiger partial charge in [0.25, 0.3) is 17.4 Å². The number of amides is 4. The van der Waals surface area contributed by atoms with Gasteiger partial charge in [-0.15, -0.1) is 0 Å². The fourth-order valence-corrected chi connectivity index (χ4v) is 6.63. The second-order valence-electron chi connectivity index (χ2n) is 12.1. The van der Waals surface area contributed by atoms with Crippen molar-refractivity contribution < 1.29 is 28.0 Å². The summed E-state index contributed by atoms with van der Waals surface area (Å²) >= 11 is 0. The predicted molar refractivity (Wildman–Crippen MR) is 165 cm³/mol. The van der Waals surface area contributed by atoms with Crippen LogP contribution in [0, 0.1) is 11.6 Å². The molecular formula is C34H30F2N6O5. The lowest BCUT2D eigenvalue weighted by atomic mass is 10.0. The van der Waals surface area contributed by atoms with Crippen molar-refractivity contribution >= 4 is 34.4 Å². The van der Waals surface area contributed by atoms with Crippen LogP contribution in [0.1, 0.15) is 55.9 Å². The maximum atomic E-state index is 15.2. The second kappa shape index (κ2) is 12.1. The Morgan fingerprint density at radius 3 is 2.45 bits per heavy atom. The number of nitrogens with one attached hydrogen (secondary N) is 2. The van der Waals surface area contributed by atoms with E-state index in [1.807, 2.05) is 11.0 Å². The van der Waals surface area contributed by atoms with E-state index in [4.69, 9.17) is 0 Å². The van der Waals surface area contributed by atoms with Crippen molar-refractivity contribution in [1.29, 1.82) is 0 Å². The molecule has 7 rings (SSSR count). The van der Waals surface area contributed by atoms with Gasteiger partial charge in [-0.2, -0.15) is 5.10 Å². The topological polar surface area (TPSA) is 136 Å². The smallest absolute Gasteiger partial charge is 0.272 e. The molecule has 47 heavy (non-hydrogen) atoms. The van der Waals surface area contributed by atoms with E-state index in [0.29, 0.717) is 59.3 Å².